The van der Waals surface area contributed by atoms with E-state index in [0.29, 0.717) is 24.4 Å². The van der Waals surface area contributed by atoms with Crippen molar-refractivity contribution >= 4 is 11.6 Å². The number of amides is 1. The van der Waals surface area contributed by atoms with E-state index in [1.807, 2.05) is 18.2 Å². The highest BCUT2D eigenvalue weighted by Crippen LogP contribution is 2.38. The molecule has 2 saturated heterocycles. The number of hydrogen-bond donors (Lipinski definition) is 1. The zero-order valence-electron chi connectivity index (χ0n) is 17.4. The lowest BCUT2D eigenvalue weighted by atomic mass is 9.85. The van der Waals surface area contributed by atoms with Crippen LogP contribution in [0.5, 0.6) is 0 Å². The molecule has 0 saturated carbocycles. The summed E-state index contributed by atoms with van der Waals surface area (Å²) in [5.74, 6) is -0.469. The van der Waals surface area contributed by atoms with E-state index in [9.17, 15) is 9.18 Å². The van der Waals surface area contributed by atoms with Crippen LogP contribution >= 0.6 is 0 Å². The number of nitrogens with one attached hydrogen (secondary N) is 1. The third-order valence-corrected chi connectivity index (χ3v) is 6.11. The molecule has 0 aromatic heterocycles. The quantitative estimate of drug-likeness (QED) is 0.782. The Balaban J connectivity index is 1.37. The highest BCUT2D eigenvalue weighted by Gasteiger charge is 2.47. The third kappa shape index (κ3) is 4.89. The Bertz CT molecular complexity index is 868. The summed E-state index contributed by atoms with van der Waals surface area (Å²) >= 11 is 0. The van der Waals surface area contributed by atoms with Crippen LogP contribution in [0, 0.1) is 12.7 Å². The molecule has 2 aliphatic rings. The Morgan fingerprint density at radius 2 is 2.10 bits per heavy atom. The van der Waals surface area contributed by atoms with Crippen LogP contribution in [0.2, 0.25) is 0 Å². The zero-order chi connectivity index (χ0) is 21.0. The minimum Gasteiger partial charge on any atom is -0.372 e. The summed E-state index contributed by atoms with van der Waals surface area (Å²) in [4.78, 5) is 14.6. The molecule has 0 aliphatic carbocycles. The van der Waals surface area contributed by atoms with Gasteiger partial charge >= 0.3 is 0 Å². The largest absolute Gasteiger partial charge is 0.372 e. The minimum absolute atomic E-state index is 0.0847. The van der Waals surface area contributed by atoms with Gasteiger partial charge in [0.2, 0.25) is 5.91 Å². The molecule has 5 nitrogen and oxygen atoms in total. The molecule has 1 amide bonds. The van der Waals surface area contributed by atoms with Crippen LogP contribution in [-0.4, -0.2) is 48.8 Å². The van der Waals surface area contributed by atoms with E-state index < -0.39 is 0 Å². The molecular weight excluding hydrogens is 383 g/mol. The molecule has 2 aromatic rings. The van der Waals surface area contributed by atoms with Crippen LogP contribution in [0.4, 0.5) is 10.1 Å². The second-order valence-corrected chi connectivity index (χ2v) is 8.30. The van der Waals surface area contributed by atoms with Crippen LogP contribution < -0.4 is 5.32 Å². The fourth-order valence-electron chi connectivity index (χ4n) is 4.36. The van der Waals surface area contributed by atoms with Gasteiger partial charge in [-0.2, -0.15) is 0 Å². The molecule has 1 spiro atoms. The van der Waals surface area contributed by atoms with E-state index >= 15 is 0 Å². The van der Waals surface area contributed by atoms with Crippen molar-refractivity contribution in [3.05, 3.63) is 65.5 Å². The Morgan fingerprint density at radius 3 is 2.83 bits per heavy atom. The van der Waals surface area contributed by atoms with Crippen LogP contribution in [0.15, 0.2) is 48.5 Å². The highest BCUT2D eigenvalue weighted by atomic mass is 19.1. The first-order chi connectivity index (χ1) is 14.5. The van der Waals surface area contributed by atoms with E-state index in [1.54, 1.807) is 19.1 Å². The molecule has 2 atom stereocenters. The van der Waals surface area contributed by atoms with Gasteiger partial charge in [0.25, 0.3) is 0 Å². The molecule has 4 rings (SSSR count). The lowest BCUT2D eigenvalue weighted by Gasteiger charge is -2.44. The van der Waals surface area contributed by atoms with E-state index in [-0.39, 0.29) is 30.0 Å². The molecule has 2 fully saturated rings. The Kier molecular flexibility index (Phi) is 6.46. The number of nitrogens with zero attached hydrogens (tertiary/aromatic N) is 1. The monoisotopic (exact) mass is 412 g/mol. The minimum atomic E-state index is -0.319. The summed E-state index contributed by atoms with van der Waals surface area (Å²) in [7, 11) is 0. The van der Waals surface area contributed by atoms with Gasteiger partial charge in [-0.05, 0) is 49.4 Å². The maximum atomic E-state index is 13.7. The number of anilines is 1. The number of rotatable bonds is 6. The van der Waals surface area contributed by atoms with Gasteiger partial charge in [0.05, 0.1) is 24.9 Å². The number of piperidine rings is 1. The number of likely N-dealkylation sites (tertiary alicyclic amines) is 1. The Morgan fingerprint density at radius 1 is 1.27 bits per heavy atom. The van der Waals surface area contributed by atoms with E-state index in [4.69, 9.17) is 9.47 Å². The van der Waals surface area contributed by atoms with Crippen LogP contribution in [0.3, 0.4) is 0 Å². The molecule has 2 unspecified atom stereocenters. The van der Waals surface area contributed by atoms with Gasteiger partial charge in [-0.15, -0.1) is 0 Å². The SMILES string of the molecule is Cc1ccc(NC(=O)CN2CCC3(CCCO3)C(OCc3ccccc3)C2)cc1F. The Labute approximate surface area is 177 Å². The molecular formula is C24H29FN2O3. The maximum absolute atomic E-state index is 13.7. The third-order valence-electron chi connectivity index (χ3n) is 6.11. The smallest absolute Gasteiger partial charge is 0.238 e. The molecule has 2 aromatic carbocycles. The first-order valence-electron chi connectivity index (χ1n) is 10.6. The number of ether oxygens (including phenoxy) is 2. The van der Waals surface area contributed by atoms with Gasteiger partial charge in [0, 0.05) is 25.4 Å². The summed E-state index contributed by atoms with van der Waals surface area (Å²) < 4.78 is 26.2. The van der Waals surface area contributed by atoms with Crippen molar-refractivity contribution in [3.63, 3.8) is 0 Å². The first-order valence-corrected chi connectivity index (χ1v) is 10.6. The second kappa shape index (κ2) is 9.25. The van der Waals surface area contributed by atoms with Crippen molar-refractivity contribution in [3.8, 4) is 0 Å². The zero-order valence-corrected chi connectivity index (χ0v) is 17.4. The van der Waals surface area contributed by atoms with E-state index in [1.165, 1.54) is 6.07 Å². The summed E-state index contributed by atoms with van der Waals surface area (Å²) in [6.45, 7) is 4.66. The summed E-state index contributed by atoms with van der Waals surface area (Å²) in [5, 5.41) is 2.80. The van der Waals surface area contributed by atoms with Gasteiger partial charge in [-0.3, -0.25) is 9.69 Å². The first kappa shape index (κ1) is 21.0. The predicted octanol–water partition coefficient (Wildman–Crippen LogP) is 3.91. The number of halogens is 1. The molecule has 1 N–H and O–H groups in total. The van der Waals surface area contributed by atoms with Gasteiger partial charge in [-0.25, -0.2) is 4.39 Å². The van der Waals surface area contributed by atoms with Crippen molar-refractivity contribution in [2.45, 2.75) is 44.5 Å². The lowest BCUT2D eigenvalue weighted by molar-refractivity contribution is -0.159. The van der Waals surface area contributed by atoms with Gasteiger partial charge in [0.15, 0.2) is 0 Å². The summed E-state index contributed by atoms with van der Waals surface area (Å²) in [5.41, 5.74) is 1.92. The number of carbonyl (C=O) groups excluding carboxylic acids is 1. The molecule has 160 valence electrons. The standard InChI is InChI=1S/C24H29FN2O3/c1-18-8-9-20(14-21(18)25)26-23(28)16-27-12-11-24(10-5-13-30-24)22(15-27)29-17-19-6-3-2-4-7-19/h2-4,6-9,14,22H,5,10-13,15-17H2,1H3,(H,26,28). The van der Waals surface area contributed by atoms with Crippen molar-refractivity contribution in [2.24, 2.45) is 0 Å². The van der Waals surface area contributed by atoms with Crippen molar-refractivity contribution in [1.82, 2.24) is 4.90 Å². The number of hydrogen-bond acceptors (Lipinski definition) is 4. The van der Waals surface area contributed by atoms with Crippen LogP contribution in [0.25, 0.3) is 0 Å². The van der Waals surface area contributed by atoms with E-state index in [2.05, 4.69) is 22.3 Å². The maximum Gasteiger partial charge on any atom is 0.238 e. The average molecular weight is 413 g/mol. The number of aryl methyl sites for hydroxylation is 1. The molecule has 30 heavy (non-hydrogen) atoms. The topological polar surface area (TPSA) is 50.8 Å². The Hall–Kier alpha value is -2.28. The van der Waals surface area contributed by atoms with Crippen LogP contribution in [-0.2, 0) is 20.9 Å². The van der Waals surface area contributed by atoms with Crippen molar-refractivity contribution < 1.29 is 18.7 Å². The molecule has 0 radical (unpaired) electrons. The van der Waals surface area contributed by atoms with Gasteiger partial charge in [-0.1, -0.05) is 36.4 Å². The fourth-order valence-corrected chi connectivity index (χ4v) is 4.36. The number of carbonyl (C=O) groups is 1. The van der Waals surface area contributed by atoms with E-state index in [0.717, 1.165) is 38.0 Å². The van der Waals surface area contributed by atoms with Crippen molar-refractivity contribution in [1.29, 1.82) is 0 Å². The number of benzene rings is 2. The fraction of sp³-hybridized carbons (Fsp3) is 0.458. The van der Waals surface area contributed by atoms with Gasteiger partial charge in [0.1, 0.15) is 5.82 Å². The van der Waals surface area contributed by atoms with Crippen LogP contribution in [0.1, 0.15) is 30.4 Å². The summed E-state index contributed by atoms with van der Waals surface area (Å²) in [6, 6.07) is 14.9. The molecule has 2 aliphatic heterocycles. The predicted molar refractivity (Wildman–Crippen MR) is 114 cm³/mol. The molecule has 2 heterocycles. The van der Waals surface area contributed by atoms with Crippen molar-refractivity contribution in [2.75, 3.05) is 31.6 Å². The molecule has 0 bridgehead atoms. The van der Waals surface area contributed by atoms with Gasteiger partial charge < -0.3 is 14.8 Å². The lowest BCUT2D eigenvalue weighted by Crippen LogP contribution is -2.57. The highest BCUT2D eigenvalue weighted by molar-refractivity contribution is 5.92. The average Bonchev–Trinajstić information content (AvgIpc) is 3.21. The second-order valence-electron chi connectivity index (χ2n) is 8.30. The summed E-state index contributed by atoms with van der Waals surface area (Å²) in [6.07, 6.45) is 2.80. The normalized spacial score (nSPS) is 24.3. The molecule has 6 heteroatoms.